The Morgan fingerprint density at radius 2 is 1.54 bits per heavy atom. The van der Waals surface area contributed by atoms with E-state index in [0.717, 1.165) is 31.2 Å². The maximum atomic E-state index is 15.0. The molecular formula is C30H31F5O2. The first-order valence-electron chi connectivity index (χ1n) is 12.8. The van der Waals surface area contributed by atoms with Gasteiger partial charge in [0, 0.05) is 16.7 Å². The molecule has 2 nitrogen and oxygen atoms in total. The van der Waals surface area contributed by atoms with Crippen molar-refractivity contribution in [1.82, 2.24) is 0 Å². The summed E-state index contributed by atoms with van der Waals surface area (Å²) in [5.41, 5.74) is 0.912. The quantitative estimate of drug-likeness (QED) is 0.303. The van der Waals surface area contributed by atoms with Crippen molar-refractivity contribution in [3.63, 3.8) is 0 Å². The molecule has 0 bridgehead atoms. The molecule has 1 N–H and O–H groups in total. The molecule has 1 unspecified atom stereocenters. The SMILES string of the molecule is CCOc1ccc(-c2ccc(C3CCC(CCc4ccc(C(C)O)c(F)c4F)CC3)cc2F)c(F)c1F. The van der Waals surface area contributed by atoms with E-state index in [2.05, 4.69) is 0 Å². The summed E-state index contributed by atoms with van der Waals surface area (Å²) in [5, 5.41) is 9.55. The molecule has 1 aliphatic rings. The van der Waals surface area contributed by atoms with Crippen molar-refractivity contribution in [3.8, 4) is 16.9 Å². The first-order chi connectivity index (χ1) is 17.7. The molecule has 1 saturated carbocycles. The maximum absolute atomic E-state index is 15.0. The van der Waals surface area contributed by atoms with Gasteiger partial charge in [-0.05, 0) is 93.5 Å². The lowest BCUT2D eigenvalue weighted by Crippen LogP contribution is -2.15. The van der Waals surface area contributed by atoms with E-state index in [9.17, 15) is 27.1 Å². The van der Waals surface area contributed by atoms with Crippen LogP contribution in [0.3, 0.4) is 0 Å². The molecule has 0 radical (unpaired) electrons. The zero-order chi connectivity index (χ0) is 26.7. The molecule has 3 aromatic rings. The van der Waals surface area contributed by atoms with Crippen molar-refractivity contribution in [2.24, 2.45) is 5.92 Å². The van der Waals surface area contributed by atoms with Crippen LogP contribution in [0.5, 0.6) is 5.75 Å². The Labute approximate surface area is 214 Å². The smallest absolute Gasteiger partial charge is 0.201 e. The zero-order valence-corrected chi connectivity index (χ0v) is 21.0. The molecular weight excluding hydrogens is 487 g/mol. The molecule has 37 heavy (non-hydrogen) atoms. The molecule has 0 saturated heterocycles. The standard InChI is InChI=1S/C30H31F5O2/c1-3-37-26-15-14-24(29(34)30(26)35)23-13-11-21(16-25(23)31)19-7-4-18(5-8-19)6-9-20-10-12-22(17(2)36)28(33)27(20)32/h10-19,36H,3-9H2,1-2H3. The second kappa shape index (κ2) is 11.6. The number of rotatable bonds is 8. The lowest BCUT2D eigenvalue weighted by Gasteiger charge is -2.29. The Balaban J connectivity index is 1.38. The van der Waals surface area contributed by atoms with E-state index in [1.54, 1.807) is 13.0 Å². The number of aliphatic hydroxyl groups excluding tert-OH is 1. The van der Waals surface area contributed by atoms with Crippen molar-refractivity contribution in [2.75, 3.05) is 6.61 Å². The van der Waals surface area contributed by atoms with Crippen LogP contribution in [-0.4, -0.2) is 11.7 Å². The van der Waals surface area contributed by atoms with Crippen LogP contribution >= 0.6 is 0 Å². The van der Waals surface area contributed by atoms with E-state index in [1.807, 2.05) is 0 Å². The highest BCUT2D eigenvalue weighted by atomic mass is 19.2. The van der Waals surface area contributed by atoms with Gasteiger partial charge in [0.2, 0.25) is 5.82 Å². The van der Waals surface area contributed by atoms with Gasteiger partial charge in [0.15, 0.2) is 23.2 Å². The molecule has 0 aromatic heterocycles. The fourth-order valence-corrected chi connectivity index (χ4v) is 5.27. The van der Waals surface area contributed by atoms with Crippen LogP contribution in [0.2, 0.25) is 0 Å². The molecule has 0 spiro atoms. The third-order valence-corrected chi connectivity index (χ3v) is 7.41. The summed E-state index contributed by atoms with van der Waals surface area (Å²) in [6.45, 7) is 3.25. The van der Waals surface area contributed by atoms with Crippen LogP contribution in [0.25, 0.3) is 11.1 Å². The van der Waals surface area contributed by atoms with Gasteiger partial charge in [0.1, 0.15) is 5.82 Å². The van der Waals surface area contributed by atoms with Crippen LogP contribution in [0.4, 0.5) is 22.0 Å². The highest BCUT2D eigenvalue weighted by Crippen LogP contribution is 2.39. The summed E-state index contributed by atoms with van der Waals surface area (Å²) in [5.74, 6) is -4.50. The van der Waals surface area contributed by atoms with Crippen molar-refractivity contribution in [2.45, 2.75) is 64.4 Å². The van der Waals surface area contributed by atoms with Crippen LogP contribution in [0, 0.1) is 35.0 Å². The van der Waals surface area contributed by atoms with Crippen molar-refractivity contribution in [1.29, 1.82) is 0 Å². The largest absolute Gasteiger partial charge is 0.491 e. The third-order valence-electron chi connectivity index (χ3n) is 7.41. The molecule has 198 valence electrons. The predicted molar refractivity (Wildman–Crippen MR) is 133 cm³/mol. The highest BCUT2D eigenvalue weighted by Gasteiger charge is 2.25. The number of hydrogen-bond donors (Lipinski definition) is 1. The summed E-state index contributed by atoms with van der Waals surface area (Å²) in [4.78, 5) is 0. The molecule has 0 heterocycles. The number of aliphatic hydroxyl groups is 1. The Morgan fingerprint density at radius 1 is 0.838 bits per heavy atom. The fourth-order valence-electron chi connectivity index (χ4n) is 5.27. The van der Waals surface area contributed by atoms with Gasteiger partial charge in [0.25, 0.3) is 0 Å². The molecule has 3 aromatic carbocycles. The summed E-state index contributed by atoms with van der Waals surface area (Å²) >= 11 is 0. The Morgan fingerprint density at radius 3 is 2.19 bits per heavy atom. The van der Waals surface area contributed by atoms with E-state index >= 15 is 0 Å². The fraction of sp³-hybridized carbons (Fsp3) is 0.400. The number of hydrogen-bond acceptors (Lipinski definition) is 2. The molecule has 1 fully saturated rings. The summed E-state index contributed by atoms with van der Waals surface area (Å²) in [7, 11) is 0. The van der Waals surface area contributed by atoms with Gasteiger partial charge in [-0.1, -0.05) is 24.3 Å². The lowest BCUT2D eigenvalue weighted by atomic mass is 9.76. The van der Waals surface area contributed by atoms with E-state index < -0.39 is 35.2 Å². The Kier molecular flexibility index (Phi) is 8.53. The molecule has 7 heteroatoms. The van der Waals surface area contributed by atoms with Gasteiger partial charge in [0.05, 0.1) is 12.7 Å². The Bertz CT molecular complexity index is 1250. The number of benzene rings is 3. The normalized spacial score (nSPS) is 18.6. The second-order valence-corrected chi connectivity index (χ2v) is 9.79. The summed E-state index contributed by atoms with van der Waals surface area (Å²) in [6, 6.07) is 10.2. The Hall–Kier alpha value is -2.93. The maximum Gasteiger partial charge on any atom is 0.201 e. The van der Waals surface area contributed by atoms with E-state index in [1.165, 1.54) is 43.3 Å². The monoisotopic (exact) mass is 518 g/mol. The number of halogens is 5. The first kappa shape index (κ1) is 27.1. The van der Waals surface area contributed by atoms with Gasteiger partial charge in [-0.2, -0.15) is 4.39 Å². The van der Waals surface area contributed by atoms with Crippen molar-refractivity contribution in [3.05, 3.63) is 88.2 Å². The molecule has 4 rings (SSSR count). The topological polar surface area (TPSA) is 29.5 Å². The van der Waals surface area contributed by atoms with Gasteiger partial charge >= 0.3 is 0 Å². The van der Waals surface area contributed by atoms with Crippen LogP contribution in [0.1, 0.15) is 74.7 Å². The van der Waals surface area contributed by atoms with Crippen molar-refractivity contribution < 1.29 is 31.8 Å². The minimum absolute atomic E-state index is 0.00671. The highest BCUT2D eigenvalue weighted by molar-refractivity contribution is 5.66. The number of ether oxygens (including phenoxy) is 1. The molecule has 1 atom stereocenters. The minimum atomic E-state index is -1.14. The van der Waals surface area contributed by atoms with E-state index in [0.29, 0.717) is 24.3 Å². The summed E-state index contributed by atoms with van der Waals surface area (Å²) in [6.07, 6.45) is 3.46. The molecule has 0 amide bonds. The van der Waals surface area contributed by atoms with Gasteiger partial charge < -0.3 is 9.84 Å². The average molecular weight is 519 g/mol. The number of aryl methyl sites for hydroxylation is 1. The average Bonchev–Trinajstić information content (AvgIpc) is 2.88. The van der Waals surface area contributed by atoms with Gasteiger partial charge in [-0.3, -0.25) is 0 Å². The van der Waals surface area contributed by atoms with Gasteiger partial charge in [-0.15, -0.1) is 0 Å². The first-order valence-corrected chi connectivity index (χ1v) is 12.8. The van der Waals surface area contributed by atoms with E-state index in [-0.39, 0.29) is 35.0 Å². The zero-order valence-electron chi connectivity index (χ0n) is 21.0. The predicted octanol–water partition coefficient (Wildman–Crippen LogP) is 8.41. The summed E-state index contributed by atoms with van der Waals surface area (Å²) < 4.78 is 77.4. The van der Waals surface area contributed by atoms with Crippen LogP contribution in [0.15, 0.2) is 42.5 Å². The molecule has 1 aliphatic carbocycles. The van der Waals surface area contributed by atoms with Crippen molar-refractivity contribution >= 4 is 0 Å². The lowest BCUT2D eigenvalue weighted by molar-refractivity contribution is 0.192. The second-order valence-electron chi connectivity index (χ2n) is 9.79. The van der Waals surface area contributed by atoms with E-state index in [4.69, 9.17) is 4.74 Å². The van der Waals surface area contributed by atoms with Crippen LogP contribution in [-0.2, 0) is 6.42 Å². The molecule has 0 aliphatic heterocycles. The minimum Gasteiger partial charge on any atom is -0.491 e. The van der Waals surface area contributed by atoms with Crippen LogP contribution < -0.4 is 4.74 Å². The third kappa shape index (κ3) is 5.82. The van der Waals surface area contributed by atoms with Gasteiger partial charge in [-0.25, -0.2) is 17.6 Å².